The maximum absolute atomic E-state index is 6.06. The summed E-state index contributed by atoms with van der Waals surface area (Å²) < 4.78 is 6.94. The minimum Gasteiger partial charge on any atom is -0.378 e. The summed E-state index contributed by atoms with van der Waals surface area (Å²) in [7, 11) is 4.07. The highest BCUT2D eigenvalue weighted by molar-refractivity contribution is 8.01. The van der Waals surface area contributed by atoms with Gasteiger partial charge in [-0.1, -0.05) is 35.2 Å². The summed E-state index contributed by atoms with van der Waals surface area (Å²) >= 11 is 3.05. The van der Waals surface area contributed by atoms with Gasteiger partial charge in [0, 0.05) is 32.1 Å². The number of benzene rings is 1. The van der Waals surface area contributed by atoms with E-state index in [-0.39, 0.29) is 12.3 Å². The van der Waals surface area contributed by atoms with Gasteiger partial charge in [0.1, 0.15) is 6.23 Å². The Kier molecular flexibility index (Phi) is 4.82. The molecule has 0 bridgehead atoms. The number of nitrogens with two attached hydrogens (primary N) is 1. The Labute approximate surface area is 138 Å². The lowest BCUT2D eigenvalue weighted by molar-refractivity contribution is 0.0535. The van der Waals surface area contributed by atoms with Gasteiger partial charge in [-0.3, -0.25) is 5.32 Å². The van der Waals surface area contributed by atoms with Crippen LogP contribution in [0, 0.1) is 0 Å². The largest absolute Gasteiger partial charge is 0.378 e. The Balaban J connectivity index is 1.53. The van der Waals surface area contributed by atoms with Crippen LogP contribution in [0.25, 0.3) is 0 Å². The minimum atomic E-state index is -0.0405. The molecule has 1 aromatic carbocycles. The maximum Gasteiger partial charge on any atom is 0.203 e. The smallest absolute Gasteiger partial charge is 0.203 e. The van der Waals surface area contributed by atoms with E-state index in [1.54, 1.807) is 11.8 Å². The third-order valence-corrected chi connectivity index (χ3v) is 5.40. The van der Waals surface area contributed by atoms with E-state index in [2.05, 4.69) is 44.7 Å². The summed E-state index contributed by atoms with van der Waals surface area (Å²) in [5.74, 6) is 0.841. The number of thioether (sulfide) groups is 1. The molecular weight excluding hydrogens is 318 g/mol. The summed E-state index contributed by atoms with van der Waals surface area (Å²) in [6.45, 7) is 0.835. The molecule has 8 heteroatoms. The number of nitrogens with one attached hydrogen (secondary N) is 1. The number of nitrogen functional groups attached to an aromatic ring is 1. The van der Waals surface area contributed by atoms with Crippen LogP contribution in [0.4, 0.5) is 10.8 Å². The SMILES string of the molecule is CN(C)c1ccc([C@H]2NC[C@@H](CSc3nnc(N)s3)O2)cc1. The zero-order chi connectivity index (χ0) is 15.5. The standard InChI is InChI=1S/C14H19N5OS2/c1-19(2)10-5-3-9(4-6-10)12-16-7-11(20-12)8-21-14-18-17-13(15)22-14/h3-6,11-12,16H,7-8H2,1-2H3,(H2,15,17)/t11-,12-/m0/s1. The second-order valence-corrected chi connectivity index (χ2v) is 7.53. The molecule has 1 fully saturated rings. The normalized spacial score (nSPS) is 21.2. The lowest BCUT2D eigenvalue weighted by Crippen LogP contribution is -2.16. The molecule has 118 valence electrons. The molecule has 0 unspecified atom stereocenters. The van der Waals surface area contributed by atoms with Crippen molar-refractivity contribution in [3.05, 3.63) is 29.8 Å². The quantitative estimate of drug-likeness (QED) is 0.808. The van der Waals surface area contributed by atoms with Gasteiger partial charge in [-0.15, -0.1) is 10.2 Å². The van der Waals surface area contributed by atoms with Gasteiger partial charge < -0.3 is 15.4 Å². The number of rotatable bonds is 5. The van der Waals surface area contributed by atoms with Crippen molar-refractivity contribution in [1.82, 2.24) is 15.5 Å². The number of hydrogen-bond acceptors (Lipinski definition) is 8. The molecule has 3 N–H and O–H groups in total. The fourth-order valence-corrected chi connectivity index (χ4v) is 3.87. The first kappa shape index (κ1) is 15.5. The van der Waals surface area contributed by atoms with Gasteiger partial charge in [-0.25, -0.2) is 0 Å². The molecule has 0 saturated carbocycles. The van der Waals surface area contributed by atoms with Crippen molar-refractivity contribution in [3.63, 3.8) is 0 Å². The van der Waals surface area contributed by atoms with Gasteiger partial charge in [-0.05, 0) is 17.7 Å². The Hall–Kier alpha value is -1.35. The molecule has 0 aliphatic carbocycles. The third-order valence-electron chi connectivity index (χ3n) is 3.39. The zero-order valence-corrected chi connectivity index (χ0v) is 14.2. The number of aromatic nitrogens is 2. The molecular formula is C14H19N5OS2. The first-order chi connectivity index (χ1) is 10.6. The van der Waals surface area contributed by atoms with Crippen LogP contribution in [0.15, 0.2) is 28.6 Å². The van der Waals surface area contributed by atoms with E-state index in [1.165, 1.54) is 17.0 Å². The molecule has 1 saturated heterocycles. The van der Waals surface area contributed by atoms with Gasteiger partial charge in [0.05, 0.1) is 6.10 Å². The zero-order valence-electron chi connectivity index (χ0n) is 12.5. The van der Waals surface area contributed by atoms with Crippen molar-refractivity contribution in [2.75, 3.05) is 37.0 Å². The van der Waals surface area contributed by atoms with E-state index in [0.717, 1.165) is 22.2 Å². The van der Waals surface area contributed by atoms with Gasteiger partial charge in [0.25, 0.3) is 0 Å². The predicted molar refractivity (Wildman–Crippen MR) is 91.4 cm³/mol. The molecule has 0 spiro atoms. The van der Waals surface area contributed by atoms with Crippen LogP contribution < -0.4 is 16.0 Å². The van der Waals surface area contributed by atoms with Crippen LogP contribution in [0.3, 0.4) is 0 Å². The van der Waals surface area contributed by atoms with Crippen LogP contribution >= 0.6 is 23.1 Å². The Morgan fingerprint density at radius 3 is 2.77 bits per heavy atom. The highest BCUT2D eigenvalue weighted by Crippen LogP contribution is 2.29. The first-order valence-electron chi connectivity index (χ1n) is 7.00. The van der Waals surface area contributed by atoms with Gasteiger partial charge in [0.15, 0.2) is 4.34 Å². The van der Waals surface area contributed by atoms with Crippen LogP contribution in [-0.2, 0) is 4.74 Å². The molecule has 3 rings (SSSR count). The molecule has 2 aromatic rings. The Morgan fingerprint density at radius 2 is 2.14 bits per heavy atom. The molecule has 2 atom stereocenters. The predicted octanol–water partition coefficient (Wildman–Crippen LogP) is 1.97. The monoisotopic (exact) mass is 337 g/mol. The van der Waals surface area contributed by atoms with E-state index in [0.29, 0.717) is 5.13 Å². The van der Waals surface area contributed by atoms with Crippen molar-refractivity contribution < 1.29 is 4.74 Å². The number of ether oxygens (including phenoxy) is 1. The Morgan fingerprint density at radius 1 is 1.36 bits per heavy atom. The molecule has 6 nitrogen and oxygen atoms in total. The van der Waals surface area contributed by atoms with Crippen LogP contribution in [-0.4, -0.2) is 42.7 Å². The number of nitrogens with zero attached hydrogens (tertiary/aromatic N) is 3. The Bertz CT molecular complexity index is 616. The number of hydrogen-bond donors (Lipinski definition) is 2. The molecule has 22 heavy (non-hydrogen) atoms. The maximum atomic E-state index is 6.06. The fraction of sp³-hybridized carbons (Fsp3) is 0.429. The first-order valence-corrected chi connectivity index (χ1v) is 8.80. The molecule has 1 aliphatic heterocycles. The topological polar surface area (TPSA) is 76.3 Å². The van der Waals surface area contributed by atoms with Crippen molar-refractivity contribution in [2.24, 2.45) is 0 Å². The highest BCUT2D eigenvalue weighted by atomic mass is 32.2. The van der Waals surface area contributed by atoms with Crippen LogP contribution in [0.1, 0.15) is 11.8 Å². The van der Waals surface area contributed by atoms with E-state index in [4.69, 9.17) is 10.5 Å². The summed E-state index contributed by atoms with van der Waals surface area (Å²) in [6, 6.07) is 8.42. The average molecular weight is 337 g/mol. The lowest BCUT2D eigenvalue weighted by atomic mass is 10.2. The summed E-state index contributed by atoms with van der Waals surface area (Å²) in [4.78, 5) is 2.08. The molecule has 0 radical (unpaired) electrons. The van der Waals surface area contributed by atoms with E-state index >= 15 is 0 Å². The molecule has 2 heterocycles. The average Bonchev–Trinajstić information content (AvgIpc) is 3.14. The van der Waals surface area contributed by atoms with Gasteiger partial charge >= 0.3 is 0 Å². The number of anilines is 2. The van der Waals surface area contributed by atoms with E-state index in [1.807, 2.05) is 14.1 Å². The fourth-order valence-electron chi connectivity index (χ4n) is 2.21. The molecule has 1 aliphatic rings. The van der Waals surface area contributed by atoms with Gasteiger partial charge in [0.2, 0.25) is 5.13 Å². The van der Waals surface area contributed by atoms with Crippen molar-refractivity contribution >= 4 is 33.9 Å². The lowest BCUT2D eigenvalue weighted by Gasteiger charge is -2.16. The summed E-state index contributed by atoms with van der Waals surface area (Å²) in [6.07, 6.45) is 0.120. The minimum absolute atomic E-state index is 0.0405. The second-order valence-electron chi connectivity index (χ2n) is 5.25. The van der Waals surface area contributed by atoms with Crippen molar-refractivity contribution in [1.29, 1.82) is 0 Å². The van der Waals surface area contributed by atoms with Crippen LogP contribution in [0.5, 0.6) is 0 Å². The molecule has 0 amide bonds. The molecule has 1 aromatic heterocycles. The third kappa shape index (κ3) is 3.70. The van der Waals surface area contributed by atoms with Crippen LogP contribution in [0.2, 0.25) is 0 Å². The van der Waals surface area contributed by atoms with E-state index in [9.17, 15) is 0 Å². The highest BCUT2D eigenvalue weighted by Gasteiger charge is 2.26. The summed E-state index contributed by atoms with van der Waals surface area (Å²) in [5, 5.41) is 11.7. The second kappa shape index (κ2) is 6.82. The summed E-state index contributed by atoms with van der Waals surface area (Å²) in [5.41, 5.74) is 7.91. The van der Waals surface area contributed by atoms with Crippen molar-refractivity contribution in [2.45, 2.75) is 16.7 Å². The van der Waals surface area contributed by atoms with Crippen molar-refractivity contribution in [3.8, 4) is 0 Å². The van der Waals surface area contributed by atoms with E-state index < -0.39 is 0 Å². The van der Waals surface area contributed by atoms with Gasteiger partial charge in [-0.2, -0.15) is 0 Å².